The van der Waals surface area contributed by atoms with Crippen molar-refractivity contribution in [1.29, 1.82) is 0 Å². The Morgan fingerprint density at radius 2 is 1.86 bits per heavy atom. The molecule has 0 bridgehead atoms. The summed E-state index contributed by atoms with van der Waals surface area (Å²) in [5.74, 6) is 1.68. The second-order valence-corrected chi connectivity index (χ2v) is 5.11. The molecule has 0 aliphatic heterocycles. The van der Waals surface area contributed by atoms with E-state index in [0.717, 1.165) is 37.3 Å². The third-order valence-corrected chi connectivity index (χ3v) is 3.55. The van der Waals surface area contributed by atoms with Gasteiger partial charge >= 0.3 is 0 Å². The fourth-order valence-corrected chi connectivity index (χ4v) is 2.46. The van der Waals surface area contributed by atoms with Crippen LogP contribution in [0.25, 0.3) is 0 Å². The zero-order valence-electron chi connectivity index (χ0n) is 8.83. The van der Waals surface area contributed by atoms with Crippen molar-refractivity contribution < 1.29 is 4.21 Å². The van der Waals surface area contributed by atoms with Crippen molar-refractivity contribution in [3.05, 3.63) is 0 Å². The van der Waals surface area contributed by atoms with E-state index >= 15 is 0 Å². The summed E-state index contributed by atoms with van der Waals surface area (Å²) in [5.41, 5.74) is 0. The molecule has 0 radical (unpaired) electrons. The molecular weight excluding hydrogens is 214 g/mol. The highest BCUT2D eigenvalue weighted by Crippen LogP contribution is 1.99. The average molecular weight is 233 g/mol. The molecule has 4 heteroatoms. The molecule has 0 aromatic carbocycles. The molecule has 14 heavy (non-hydrogen) atoms. The van der Waals surface area contributed by atoms with Gasteiger partial charge in [0.1, 0.15) is 0 Å². The Morgan fingerprint density at radius 1 is 1.21 bits per heavy atom. The van der Waals surface area contributed by atoms with Crippen molar-refractivity contribution in [2.75, 3.05) is 18.1 Å². The highest BCUT2D eigenvalue weighted by molar-refractivity contribution is 7.84. The Kier molecular flexibility index (Phi) is 11.0. The van der Waals surface area contributed by atoms with Crippen molar-refractivity contribution in [3.63, 3.8) is 0 Å². The summed E-state index contributed by atoms with van der Waals surface area (Å²) in [7, 11) is -0.615. The van der Waals surface area contributed by atoms with E-state index in [1.54, 1.807) is 0 Å². The molecule has 0 N–H and O–H groups in total. The first-order valence-corrected chi connectivity index (χ1v) is 7.09. The molecule has 0 spiro atoms. The number of thiocarbonyl (C=S) groups is 1. The predicted molar refractivity (Wildman–Crippen MR) is 66.5 cm³/mol. The third-order valence-electron chi connectivity index (χ3n) is 1.93. The third kappa shape index (κ3) is 10.0. The Balaban J connectivity index is 3.22. The first-order chi connectivity index (χ1) is 6.81. The molecule has 0 heterocycles. The van der Waals surface area contributed by atoms with Gasteiger partial charge < -0.3 is 0 Å². The van der Waals surface area contributed by atoms with Crippen LogP contribution < -0.4 is 0 Å². The van der Waals surface area contributed by atoms with Crippen molar-refractivity contribution in [3.8, 4) is 0 Å². The van der Waals surface area contributed by atoms with Crippen molar-refractivity contribution >= 4 is 28.2 Å². The maximum absolute atomic E-state index is 11.4. The number of hydrogen-bond donors (Lipinski definition) is 0. The summed E-state index contributed by atoms with van der Waals surface area (Å²) in [6.45, 7) is 2.89. The quantitative estimate of drug-likeness (QED) is 0.348. The molecule has 0 aromatic rings. The maximum Gasteiger partial charge on any atom is 0.0584 e. The van der Waals surface area contributed by atoms with Crippen LogP contribution in [0, 0.1) is 0 Å². The smallest absolute Gasteiger partial charge is 0.0584 e. The lowest BCUT2D eigenvalue weighted by molar-refractivity contribution is 0.671. The highest BCUT2D eigenvalue weighted by atomic mass is 32.2. The Morgan fingerprint density at radius 3 is 2.43 bits per heavy atom. The molecule has 0 aromatic heterocycles. The van der Waals surface area contributed by atoms with Crippen LogP contribution in [-0.4, -0.2) is 27.4 Å². The number of nitrogens with zero attached hydrogens (tertiary/aromatic N) is 1. The van der Waals surface area contributed by atoms with E-state index in [2.05, 4.69) is 29.3 Å². The minimum atomic E-state index is -0.615. The number of hydrogen-bond acceptors (Lipinski definition) is 3. The van der Waals surface area contributed by atoms with E-state index in [9.17, 15) is 4.21 Å². The van der Waals surface area contributed by atoms with Gasteiger partial charge in [0.05, 0.1) is 5.16 Å². The second kappa shape index (κ2) is 11.0. The molecule has 0 aliphatic rings. The average Bonchev–Trinajstić information content (AvgIpc) is 2.18. The molecule has 1 unspecified atom stereocenters. The second-order valence-electron chi connectivity index (χ2n) is 3.24. The summed E-state index contributed by atoms with van der Waals surface area (Å²) in [5, 5.41) is 2.33. The highest BCUT2D eigenvalue weighted by Gasteiger charge is 1.98. The molecule has 0 amide bonds. The molecule has 0 saturated heterocycles. The normalized spacial score (nSPS) is 12.1. The molecule has 82 valence electrons. The largest absolute Gasteiger partial charge is 0.260 e. The first kappa shape index (κ1) is 13.9. The van der Waals surface area contributed by atoms with Gasteiger partial charge in [0.25, 0.3) is 0 Å². The maximum atomic E-state index is 11.4. The fourth-order valence-electron chi connectivity index (χ4n) is 1.11. The predicted octanol–water partition coefficient (Wildman–Crippen LogP) is 2.81. The first-order valence-electron chi connectivity index (χ1n) is 5.20. The van der Waals surface area contributed by atoms with Gasteiger partial charge in [0, 0.05) is 28.9 Å². The van der Waals surface area contributed by atoms with Gasteiger partial charge in [-0.05, 0) is 31.5 Å². The molecule has 2 nitrogen and oxygen atoms in total. The van der Waals surface area contributed by atoms with Gasteiger partial charge in [-0.3, -0.25) is 4.21 Å². The topological polar surface area (TPSA) is 29.4 Å². The molecule has 0 fully saturated rings. The number of rotatable bonds is 9. The van der Waals surface area contributed by atoms with Gasteiger partial charge in [0.2, 0.25) is 0 Å². The zero-order chi connectivity index (χ0) is 10.6. The van der Waals surface area contributed by atoms with Gasteiger partial charge in [-0.2, -0.15) is 0 Å². The van der Waals surface area contributed by atoms with Crippen LogP contribution in [0.5, 0.6) is 0 Å². The summed E-state index contributed by atoms with van der Waals surface area (Å²) in [4.78, 5) is 3.81. The van der Waals surface area contributed by atoms with Crippen LogP contribution in [0.3, 0.4) is 0 Å². The summed E-state index contributed by atoms with van der Waals surface area (Å²) < 4.78 is 11.4. The Bertz CT molecular complexity index is 200. The van der Waals surface area contributed by atoms with E-state index in [4.69, 9.17) is 0 Å². The minimum absolute atomic E-state index is 0.615. The molecule has 0 aliphatic carbocycles. The van der Waals surface area contributed by atoms with E-state index in [1.165, 1.54) is 12.8 Å². The van der Waals surface area contributed by atoms with Crippen LogP contribution in [0.4, 0.5) is 0 Å². The number of unbranched alkanes of at least 4 members (excludes halogenated alkanes) is 3. The summed E-state index contributed by atoms with van der Waals surface area (Å²) in [6, 6.07) is 0. The SMILES string of the molecule is CCCCCS(=O)CCCCN=C=S. The van der Waals surface area contributed by atoms with Crippen LogP contribution in [0.15, 0.2) is 4.99 Å². The Hall–Kier alpha value is -0.0500. The van der Waals surface area contributed by atoms with E-state index in [0.29, 0.717) is 0 Å². The summed E-state index contributed by atoms with van der Waals surface area (Å²) >= 11 is 4.45. The van der Waals surface area contributed by atoms with E-state index < -0.39 is 10.8 Å². The molecule has 0 rings (SSSR count). The standard InChI is InChI=1S/C10H19NOS2/c1-2-3-5-8-14(12)9-6-4-7-11-10-13/h2-9H2,1H3. The minimum Gasteiger partial charge on any atom is -0.260 e. The molecular formula is C10H19NOS2. The lowest BCUT2D eigenvalue weighted by atomic mass is 10.3. The fraction of sp³-hybridized carbons (Fsp3) is 0.900. The van der Waals surface area contributed by atoms with E-state index in [-0.39, 0.29) is 0 Å². The van der Waals surface area contributed by atoms with Crippen LogP contribution in [0.2, 0.25) is 0 Å². The van der Waals surface area contributed by atoms with Crippen LogP contribution >= 0.6 is 12.2 Å². The summed E-state index contributed by atoms with van der Waals surface area (Å²) in [6.07, 6.45) is 5.45. The number of isothiocyanates is 1. The van der Waals surface area contributed by atoms with Gasteiger partial charge in [-0.1, -0.05) is 19.8 Å². The monoisotopic (exact) mass is 233 g/mol. The van der Waals surface area contributed by atoms with Crippen molar-refractivity contribution in [1.82, 2.24) is 0 Å². The number of aliphatic imine (C=N–C) groups is 1. The molecule has 1 atom stereocenters. The van der Waals surface area contributed by atoms with Gasteiger partial charge in [0.15, 0.2) is 0 Å². The van der Waals surface area contributed by atoms with Crippen LogP contribution in [0.1, 0.15) is 39.0 Å². The van der Waals surface area contributed by atoms with Crippen molar-refractivity contribution in [2.45, 2.75) is 39.0 Å². The van der Waals surface area contributed by atoms with Crippen molar-refractivity contribution in [2.24, 2.45) is 4.99 Å². The zero-order valence-corrected chi connectivity index (χ0v) is 10.5. The van der Waals surface area contributed by atoms with Crippen LogP contribution in [-0.2, 0) is 10.8 Å². The lowest BCUT2D eigenvalue weighted by Gasteiger charge is -2.00. The van der Waals surface area contributed by atoms with E-state index in [1.807, 2.05) is 0 Å². The van der Waals surface area contributed by atoms with Gasteiger partial charge in [-0.25, -0.2) is 4.99 Å². The van der Waals surface area contributed by atoms with Gasteiger partial charge in [-0.15, -0.1) is 0 Å². The lowest BCUT2D eigenvalue weighted by Crippen LogP contribution is -2.03. The molecule has 0 saturated carbocycles. The Labute approximate surface area is 94.7 Å².